The lowest BCUT2D eigenvalue weighted by molar-refractivity contribution is 0.111. The van der Waals surface area contributed by atoms with Crippen LogP contribution in [0.4, 0.5) is 11.4 Å². The highest BCUT2D eigenvalue weighted by Crippen LogP contribution is 2.52. The molecule has 1 atom stereocenters. The van der Waals surface area contributed by atoms with Crippen molar-refractivity contribution in [3.05, 3.63) is 83.4 Å². The van der Waals surface area contributed by atoms with Crippen LogP contribution < -0.4 is 9.64 Å². The van der Waals surface area contributed by atoms with E-state index in [4.69, 9.17) is 4.74 Å². The van der Waals surface area contributed by atoms with Crippen molar-refractivity contribution in [1.82, 2.24) is 0 Å². The maximum absolute atomic E-state index is 11.5. The van der Waals surface area contributed by atoms with Crippen LogP contribution >= 0.6 is 0 Å². The van der Waals surface area contributed by atoms with E-state index in [9.17, 15) is 9.59 Å². The number of carbonyl (C=O) groups is 2. The molecule has 0 saturated heterocycles. The Bertz CT molecular complexity index is 924. The number of aldehydes is 2. The van der Waals surface area contributed by atoms with E-state index in [1.54, 1.807) is 12.1 Å². The van der Waals surface area contributed by atoms with Gasteiger partial charge >= 0.3 is 0 Å². The van der Waals surface area contributed by atoms with Crippen LogP contribution in [0.3, 0.4) is 0 Å². The molecule has 0 spiro atoms. The van der Waals surface area contributed by atoms with E-state index in [1.807, 2.05) is 42.5 Å². The summed E-state index contributed by atoms with van der Waals surface area (Å²) in [6, 6.07) is 21.0. The Kier molecular flexibility index (Phi) is 4.01. The molecular formula is C22H17NO3. The fourth-order valence-electron chi connectivity index (χ4n) is 3.40. The van der Waals surface area contributed by atoms with Crippen molar-refractivity contribution in [3.63, 3.8) is 0 Å². The first-order valence-corrected chi connectivity index (χ1v) is 8.43. The summed E-state index contributed by atoms with van der Waals surface area (Å²) in [7, 11) is 0. The van der Waals surface area contributed by atoms with Crippen LogP contribution in [0, 0.1) is 0 Å². The fourth-order valence-corrected chi connectivity index (χ4v) is 3.40. The fraction of sp³-hybridized carbons (Fsp3) is 0.0909. The summed E-state index contributed by atoms with van der Waals surface area (Å²) < 4.78 is 6.03. The van der Waals surface area contributed by atoms with Gasteiger partial charge in [0.1, 0.15) is 0 Å². The molecular weight excluding hydrogens is 326 g/mol. The highest BCUT2D eigenvalue weighted by atomic mass is 16.5. The monoisotopic (exact) mass is 343 g/mol. The molecule has 0 N–H and O–H groups in total. The first-order valence-electron chi connectivity index (χ1n) is 8.43. The molecule has 0 saturated carbocycles. The number of ether oxygens (including phenoxy) is 1. The highest BCUT2D eigenvalue weighted by molar-refractivity contribution is 5.93. The average molecular weight is 343 g/mol. The van der Waals surface area contributed by atoms with Gasteiger partial charge in [-0.05, 0) is 36.8 Å². The molecule has 3 aromatic rings. The first kappa shape index (κ1) is 16.1. The summed E-state index contributed by atoms with van der Waals surface area (Å²) in [5, 5.41) is 0. The molecule has 0 amide bonds. The number of benzene rings is 3. The molecule has 0 fully saturated rings. The van der Waals surface area contributed by atoms with Crippen molar-refractivity contribution in [2.24, 2.45) is 0 Å². The minimum absolute atomic E-state index is 0.0126. The zero-order chi connectivity index (χ0) is 18.1. The van der Waals surface area contributed by atoms with E-state index < -0.39 is 0 Å². The molecule has 0 aliphatic carbocycles. The quantitative estimate of drug-likeness (QED) is 0.602. The third-order valence-electron chi connectivity index (χ3n) is 4.70. The van der Waals surface area contributed by atoms with Crippen molar-refractivity contribution in [2.45, 2.75) is 13.0 Å². The standard InChI is InChI=1S/C22H17NO3/c1-15(16-7-3-2-4-8-16)23-19-11-5-9-17(13-24)21(19)26-22-18(14-25)10-6-12-20(22)23/h2-15H,1H3. The number of para-hydroxylation sites is 2. The van der Waals surface area contributed by atoms with Crippen molar-refractivity contribution in [2.75, 3.05) is 4.90 Å². The minimum Gasteiger partial charge on any atom is -0.451 e. The number of rotatable bonds is 4. The Morgan fingerprint density at radius 3 is 1.81 bits per heavy atom. The van der Waals surface area contributed by atoms with E-state index >= 15 is 0 Å². The van der Waals surface area contributed by atoms with Crippen LogP contribution in [0.15, 0.2) is 66.7 Å². The molecule has 4 nitrogen and oxygen atoms in total. The molecule has 3 aromatic carbocycles. The van der Waals surface area contributed by atoms with Crippen molar-refractivity contribution in [3.8, 4) is 11.5 Å². The largest absolute Gasteiger partial charge is 0.451 e. The summed E-state index contributed by atoms with van der Waals surface area (Å²) >= 11 is 0. The maximum Gasteiger partial charge on any atom is 0.161 e. The Morgan fingerprint density at radius 1 is 0.769 bits per heavy atom. The van der Waals surface area contributed by atoms with Crippen molar-refractivity contribution in [1.29, 1.82) is 0 Å². The van der Waals surface area contributed by atoms with Crippen molar-refractivity contribution >= 4 is 23.9 Å². The van der Waals surface area contributed by atoms with Gasteiger partial charge in [-0.3, -0.25) is 9.59 Å². The Balaban J connectivity index is 1.96. The Labute approximate surface area is 151 Å². The van der Waals surface area contributed by atoms with E-state index in [1.165, 1.54) is 0 Å². The van der Waals surface area contributed by atoms with Gasteiger partial charge in [0.05, 0.1) is 28.5 Å². The number of fused-ring (bicyclic) bond motifs is 2. The predicted molar refractivity (Wildman–Crippen MR) is 101 cm³/mol. The van der Waals surface area contributed by atoms with E-state index in [0.717, 1.165) is 29.5 Å². The van der Waals surface area contributed by atoms with Crippen LogP contribution in [-0.4, -0.2) is 12.6 Å². The molecule has 26 heavy (non-hydrogen) atoms. The van der Waals surface area contributed by atoms with Gasteiger partial charge < -0.3 is 9.64 Å². The van der Waals surface area contributed by atoms with Gasteiger partial charge in [-0.25, -0.2) is 0 Å². The predicted octanol–water partition coefficient (Wildman–Crippen LogP) is 5.32. The molecule has 4 rings (SSSR count). The lowest BCUT2D eigenvalue weighted by atomic mass is 10.0. The second kappa shape index (κ2) is 6.48. The molecule has 0 radical (unpaired) electrons. The van der Waals surface area contributed by atoms with Gasteiger partial charge in [-0.2, -0.15) is 0 Å². The topological polar surface area (TPSA) is 46.6 Å². The number of hydrogen-bond donors (Lipinski definition) is 0. The van der Waals surface area contributed by atoms with Crippen LogP contribution in [-0.2, 0) is 0 Å². The number of carbonyl (C=O) groups excluding carboxylic acids is 2. The van der Waals surface area contributed by atoms with Gasteiger partial charge in [0, 0.05) is 0 Å². The van der Waals surface area contributed by atoms with E-state index in [-0.39, 0.29) is 6.04 Å². The smallest absolute Gasteiger partial charge is 0.161 e. The molecule has 1 aliphatic rings. The molecule has 1 unspecified atom stereocenters. The van der Waals surface area contributed by atoms with E-state index in [2.05, 4.69) is 24.0 Å². The Hall–Kier alpha value is -3.40. The second-order valence-electron chi connectivity index (χ2n) is 6.19. The summed E-state index contributed by atoms with van der Waals surface area (Å²) in [5.74, 6) is 0.958. The minimum atomic E-state index is -0.0126. The summed E-state index contributed by atoms with van der Waals surface area (Å²) in [4.78, 5) is 25.2. The molecule has 0 aromatic heterocycles. The number of nitrogens with zero attached hydrogens (tertiary/aromatic N) is 1. The highest BCUT2D eigenvalue weighted by Gasteiger charge is 2.31. The molecule has 128 valence electrons. The maximum atomic E-state index is 11.5. The van der Waals surface area contributed by atoms with Crippen LogP contribution in [0.1, 0.15) is 39.2 Å². The van der Waals surface area contributed by atoms with Gasteiger partial charge in [0.15, 0.2) is 24.1 Å². The van der Waals surface area contributed by atoms with E-state index in [0.29, 0.717) is 22.6 Å². The van der Waals surface area contributed by atoms with Crippen LogP contribution in [0.2, 0.25) is 0 Å². The van der Waals surface area contributed by atoms with Crippen molar-refractivity contribution < 1.29 is 14.3 Å². The third kappa shape index (κ3) is 2.47. The third-order valence-corrected chi connectivity index (χ3v) is 4.70. The number of hydrogen-bond acceptors (Lipinski definition) is 4. The first-order chi connectivity index (χ1) is 12.7. The van der Waals surface area contributed by atoms with Crippen LogP contribution in [0.5, 0.6) is 11.5 Å². The lowest BCUT2D eigenvalue weighted by Crippen LogP contribution is -2.25. The zero-order valence-corrected chi connectivity index (χ0v) is 14.3. The molecule has 1 aliphatic heterocycles. The molecule has 1 heterocycles. The molecule has 4 heteroatoms. The summed E-state index contributed by atoms with van der Waals surface area (Å²) in [6.07, 6.45) is 1.55. The van der Waals surface area contributed by atoms with Gasteiger partial charge in [-0.1, -0.05) is 42.5 Å². The Morgan fingerprint density at radius 2 is 1.31 bits per heavy atom. The van der Waals surface area contributed by atoms with Gasteiger partial charge in [-0.15, -0.1) is 0 Å². The zero-order valence-electron chi connectivity index (χ0n) is 14.3. The SMILES string of the molecule is CC(c1ccccc1)N1c2cccc(C=O)c2Oc2c(C=O)cccc21. The lowest BCUT2D eigenvalue weighted by Gasteiger charge is -2.38. The summed E-state index contributed by atoms with van der Waals surface area (Å²) in [5.41, 5.74) is 3.65. The average Bonchev–Trinajstić information content (AvgIpc) is 2.71. The normalized spacial score (nSPS) is 13.2. The van der Waals surface area contributed by atoms with Gasteiger partial charge in [0.25, 0.3) is 0 Å². The molecule has 0 bridgehead atoms. The van der Waals surface area contributed by atoms with Gasteiger partial charge in [0.2, 0.25) is 0 Å². The second-order valence-corrected chi connectivity index (χ2v) is 6.19. The summed E-state index contributed by atoms with van der Waals surface area (Å²) in [6.45, 7) is 2.09. The number of anilines is 2. The van der Waals surface area contributed by atoms with Crippen LogP contribution in [0.25, 0.3) is 0 Å².